The quantitative estimate of drug-likeness (QED) is 0.627. The Bertz CT molecular complexity index is 520. The molecule has 17 heavy (non-hydrogen) atoms. The predicted octanol–water partition coefficient (Wildman–Crippen LogP) is 3.43. The van der Waals surface area contributed by atoms with Crippen LogP contribution in [-0.2, 0) is 0 Å². The SMILES string of the molecule is CCCCOc1cc(O)c2ccccc2c1O. The van der Waals surface area contributed by atoms with Gasteiger partial charge in [0.1, 0.15) is 5.75 Å². The second-order valence-corrected chi connectivity index (χ2v) is 3.99. The van der Waals surface area contributed by atoms with Crippen LogP contribution in [0, 0.1) is 0 Å². The van der Waals surface area contributed by atoms with Gasteiger partial charge in [-0.3, -0.25) is 0 Å². The van der Waals surface area contributed by atoms with E-state index in [-0.39, 0.29) is 11.5 Å². The topological polar surface area (TPSA) is 49.7 Å². The van der Waals surface area contributed by atoms with Crippen molar-refractivity contribution in [3.05, 3.63) is 30.3 Å². The molecule has 0 amide bonds. The van der Waals surface area contributed by atoms with Gasteiger partial charge < -0.3 is 14.9 Å². The molecule has 2 N–H and O–H groups in total. The van der Waals surface area contributed by atoms with Gasteiger partial charge >= 0.3 is 0 Å². The van der Waals surface area contributed by atoms with Gasteiger partial charge in [-0.05, 0) is 6.42 Å². The number of phenols is 2. The van der Waals surface area contributed by atoms with Gasteiger partial charge in [-0.25, -0.2) is 0 Å². The highest BCUT2D eigenvalue weighted by Gasteiger charge is 2.11. The van der Waals surface area contributed by atoms with Crippen molar-refractivity contribution in [2.24, 2.45) is 0 Å². The molecule has 2 rings (SSSR count). The van der Waals surface area contributed by atoms with Crippen LogP contribution in [0.3, 0.4) is 0 Å². The highest BCUT2D eigenvalue weighted by Crippen LogP contribution is 2.39. The maximum atomic E-state index is 10.0. The molecule has 0 fully saturated rings. The van der Waals surface area contributed by atoms with E-state index in [0.717, 1.165) is 12.8 Å². The van der Waals surface area contributed by atoms with Gasteiger partial charge in [0.2, 0.25) is 0 Å². The standard InChI is InChI=1S/C14H16O3/c1-2-3-8-17-13-9-12(15)10-6-4-5-7-11(10)14(13)16/h4-7,9,15-16H,2-3,8H2,1H3. The number of hydrogen-bond donors (Lipinski definition) is 2. The number of aromatic hydroxyl groups is 2. The molecule has 2 aromatic carbocycles. The lowest BCUT2D eigenvalue weighted by molar-refractivity contribution is 0.292. The minimum Gasteiger partial charge on any atom is -0.507 e. The van der Waals surface area contributed by atoms with Crippen LogP contribution < -0.4 is 4.74 Å². The van der Waals surface area contributed by atoms with E-state index in [0.29, 0.717) is 23.1 Å². The van der Waals surface area contributed by atoms with Crippen molar-refractivity contribution in [3.8, 4) is 17.2 Å². The normalized spacial score (nSPS) is 10.6. The fourth-order valence-corrected chi connectivity index (χ4v) is 1.75. The average Bonchev–Trinajstić information content (AvgIpc) is 2.36. The Morgan fingerprint density at radius 2 is 1.82 bits per heavy atom. The molecule has 0 spiro atoms. The van der Waals surface area contributed by atoms with Crippen LogP contribution in [0.15, 0.2) is 30.3 Å². The third-order valence-corrected chi connectivity index (χ3v) is 2.71. The zero-order chi connectivity index (χ0) is 12.3. The number of hydrogen-bond acceptors (Lipinski definition) is 3. The van der Waals surface area contributed by atoms with E-state index in [2.05, 4.69) is 6.92 Å². The minimum absolute atomic E-state index is 0.0921. The molecule has 0 aromatic heterocycles. The molecule has 0 aliphatic heterocycles. The zero-order valence-corrected chi connectivity index (χ0v) is 9.81. The van der Waals surface area contributed by atoms with E-state index in [1.54, 1.807) is 12.1 Å². The minimum atomic E-state index is 0.0921. The summed E-state index contributed by atoms with van der Waals surface area (Å²) in [5.74, 6) is 0.564. The van der Waals surface area contributed by atoms with Crippen molar-refractivity contribution >= 4 is 10.8 Å². The van der Waals surface area contributed by atoms with Crippen LogP contribution >= 0.6 is 0 Å². The molecular weight excluding hydrogens is 216 g/mol. The lowest BCUT2D eigenvalue weighted by atomic mass is 10.1. The first-order valence-electron chi connectivity index (χ1n) is 5.80. The maximum Gasteiger partial charge on any atom is 0.165 e. The summed E-state index contributed by atoms with van der Waals surface area (Å²) in [7, 11) is 0. The van der Waals surface area contributed by atoms with E-state index >= 15 is 0 Å². The molecule has 0 aliphatic rings. The summed E-state index contributed by atoms with van der Waals surface area (Å²) in [6, 6.07) is 8.63. The number of benzene rings is 2. The van der Waals surface area contributed by atoms with Crippen LogP contribution in [0.4, 0.5) is 0 Å². The van der Waals surface area contributed by atoms with Crippen LogP contribution in [0.2, 0.25) is 0 Å². The highest BCUT2D eigenvalue weighted by molar-refractivity contribution is 5.95. The van der Waals surface area contributed by atoms with E-state index < -0.39 is 0 Å². The monoisotopic (exact) mass is 232 g/mol. The second-order valence-electron chi connectivity index (χ2n) is 3.99. The predicted molar refractivity (Wildman–Crippen MR) is 67.7 cm³/mol. The molecule has 2 aromatic rings. The summed E-state index contributed by atoms with van der Waals surface area (Å²) in [4.78, 5) is 0. The fraction of sp³-hybridized carbons (Fsp3) is 0.286. The Kier molecular flexibility index (Phi) is 3.38. The van der Waals surface area contributed by atoms with Crippen molar-refractivity contribution in [2.75, 3.05) is 6.61 Å². The summed E-state index contributed by atoms with van der Waals surface area (Å²) in [6.45, 7) is 2.61. The van der Waals surface area contributed by atoms with Crippen LogP contribution in [0.25, 0.3) is 10.8 Å². The Hall–Kier alpha value is -1.90. The lowest BCUT2D eigenvalue weighted by Gasteiger charge is -2.11. The van der Waals surface area contributed by atoms with Crippen LogP contribution in [0.5, 0.6) is 17.2 Å². The molecule has 90 valence electrons. The summed E-state index contributed by atoms with van der Waals surface area (Å²) in [5, 5.41) is 21.1. The van der Waals surface area contributed by atoms with Crippen molar-refractivity contribution in [1.29, 1.82) is 0 Å². The summed E-state index contributed by atoms with van der Waals surface area (Å²) >= 11 is 0. The smallest absolute Gasteiger partial charge is 0.165 e. The fourth-order valence-electron chi connectivity index (χ4n) is 1.75. The molecule has 0 heterocycles. The van der Waals surface area contributed by atoms with Crippen molar-refractivity contribution < 1.29 is 14.9 Å². The molecule has 0 atom stereocenters. The van der Waals surface area contributed by atoms with Crippen molar-refractivity contribution in [3.63, 3.8) is 0 Å². The molecule has 0 bridgehead atoms. The van der Waals surface area contributed by atoms with Gasteiger partial charge in [-0.1, -0.05) is 37.6 Å². The number of fused-ring (bicyclic) bond motifs is 1. The Balaban J connectivity index is 2.40. The number of unbranched alkanes of at least 4 members (excludes halogenated alkanes) is 1. The van der Waals surface area contributed by atoms with E-state index in [9.17, 15) is 10.2 Å². The third kappa shape index (κ3) is 2.28. The van der Waals surface area contributed by atoms with Gasteiger partial charge in [0.05, 0.1) is 6.61 Å². The third-order valence-electron chi connectivity index (χ3n) is 2.71. The summed E-state index contributed by atoms with van der Waals surface area (Å²) in [5.41, 5.74) is 0. The first-order valence-corrected chi connectivity index (χ1v) is 5.80. The number of phenolic OH excluding ortho intramolecular Hbond substituents is 2. The van der Waals surface area contributed by atoms with Crippen molar-refractivity contribution in [2.45, 2.75) is 19.8 Å². The van der Waals surface area contributed by atoms with Crippen molar-refractivity contribution in [1.82, 2.24) is 0 Å². The van der Waals surface area contributed by atoms with Gasteiger partial charge in [0.15, 0.2) is 11.5 Å². The van der Waals surface area contributed by atoms with E-state index in [4.69, 9.17) is 4.74 Å². The molecule has 3 nitrogen and oxygen atoms in total. The van der Waals surface area contributed by atoms with Crippen LogP contribution in [-0.4, -0.2) is 16.8 Å². The highest BCUT2D eigenvalue weighted by atomic mass is 16.5. The summed E-state index contributed by atoms with van der Waals surface area (Å²) < 4.78 is 5.46. The Morgan fingerprint density at radius 1 is 1.12 bits per heavy atom. The Morgan fingerprint density at radius 3 is 2.53 bits per heavy atom. The lowest BCUT2D eigenvalue weighted by Crippen LogP contribution is -1.96. The first-order chi connectivity index (χ1) is 8.24. The second kappa shape index (κ2) is 4.95. The van der Waals surface area contributed by atoms with Gasteiger partial charge in [-0.15, -0.1) is 0 Å². The van der Waals surface area contributed by atoms with Crippen LogP contribution in [0.1, 0.15) is 19.8 Å². The van der Waals surface area contributed by atoms with Gasteiger partial charge in [-0.2, -0.15) is 0 Å². The molecule has 0 unspecified atom stereocenters. The number of ether oxygens (including phenoxy) is 1. The number of rotatable bonds is 4. The average molecular weight is 232 g/mol. The zero-order valence-electron chi connectivity index (χ0n) is 9.81. The Labute approximate surface area is 100 Å². The van der Waals surface area contributed by atoms with E-state index in [1.165, 1.54) is 6.07 Å². The molecular formula is C14H16O3. The van der Waals surface area contributed by atoms with E-state index in [1.807, 2.05) is 12.1 Å². The van der Waals surface area contributed by atoms with Gasteiger partial charge in [0.25, 0.3) is 0 Å². The molecule has 0 saturated carbocycles. The molecule has 0 aliphatic carbocycles. The molecule has 0 saturated heterocycles. The largest absolute Gasteiger partial charge is 0.507 e. The first kappa shape index (κ1) is 11.6. The molecule has 3 heteroatoms. The molecule has 0 radical (unpaired) electrons. The van der Waals surface area contributed by atoms with Gasteiger partial charge in [0, 0.05) is 16.8 Å². The summed E-state index contributed by atoms with van der Waals surface area (Å²) in [6.07, 6.45) is 1.95. The maximum absolute atomic E-state index is 10.0.